The summed E-state index contributed by atoms with van der Waals surface area (Å²) in [4.78, 5) is 29.4. The molecule has 0 radical (unpaired) electrons. The molecule has 1 aromatic heterocycles. The molecular weight excluding hydrogens is 577 g/mol. The van der Waals surface area contributed by atoms with E-state index in [1.165, 1.54) is 16.7 Å². The van der Waals surface area contributed by atoms with E-state index in [0.717, 1.165) is 21.2 Å². The molecule has 1 N–H and O–H groups in total. The van der Waals surface area contributed by atoms with Gasteiger partial charge in [0.05, 0.1) is 17.1 Å². The lowest BCUT2D eigenvalue weighted by atomic mass is 10.1. The fourth-order valence-corrected chi connectivity index (χ4v) is 5.89. The molecule has 43 heavy (non-hydrogen) atoms. The second-order valence-electron chi connectivity index (χ2n) is 9.83. The highest BCUT2D eigenvalue weighted by atomic mass is 32.2. The first-order chi connectivity index (χ1) is 20.9. The van der Waals surface area contributed by atoms with Crippen LogP contribution in [0.2, 0.25) is 0 Å². The van der Waals surface area contributed by atoms with Crippen molar-refractivity contribution in [1.29, 1.82) is 0 Å². The maximum Gasteiger partial charge on any atom is 0.270 e. The van der Waals surface area contributed by atoms with E-state index in [0.29, 0.717) is 28.4 Å². The summed E-state index contributed by atoms with van der Waals surface area (Å²) in [7, 11) is 0. The van der Waals surface area contributed by atoms with Crippen molar-refractivity contribution in [2.75, 3.05) is 4.90 Å². The molecule has 0 bridgehead atoms. The van der Waals surface area contributed by atoms with Gasteiger partial charge in [0.1, 0.15) is 22.1 Å². The van der Waals surface area contributed by atoms with Crippen molar-refractivity contribution in [3.63, 3.8) is 0 Å². The van der Waals surface area contributed by atoms with Crippen molar-refractivity contribution in [2.45, 2.75) is 23.8 Å². The van der Waals surface area contributed by atoms with E-state index in [2.05, 4.69) is 5.32 Å². The Hall–Kier alpha value is -4.99. The van der Waals surface area contributed by atoms with Gasteiger partial charge in [0, 0.05) is 10.5 Å². The summed E-state index contributed by atoms with van der Waals surface area (Å²) < 4.78 is 7.72. The average molecular weight is 603 g/mol. The van der Waals surface area contributed by atoms with Crippen LogP contribution in [-0.2, 0) is 9.59 Å². The number of carbonyl (C=O) groups is 2. The quantitative estimate of drug-likeness (QED) is 0.120. The topological polar surface area (TPSA) is 76.5 Å². The highest BCUT2D eigenvalue weighted by Crippen LogP contribution is 2.36. The van der Waals surface area contributed by atoms with Crippen LogP contribution in [0.5, 0.6) is 11.5 Å². The number of benzene rings is 4. The largest absolute Gasteiger partial charge is 0.457 e. The monoisotopic (exact) mass is 602 g/mol. The van der Waals surface area contributed by atoms with Gasteiger partial charge in [-0.3, -0.25) is 19.8 Å². The van der Waals surface area contributed by atoms with Crippen LogP contribution >= 0.6 is 24.0 Å². The fraction of sp³-hybridized carbons (Fsp3) is 0.0588. The van der Waals surface area contributed by atoms with Crippen molar-refractivity contribution < 1.29 is 14.3 Å². The van der Waals surface area contributed by atoms with Gasteiger partial charge in [0.15, 0.2) is 5.11 Å². The molecule has 1 aliphatic rings. The molecule has 6 rings (SSSR count). The third kappa shape index (κ3) is 5.99. The van der Waals surface area contributed by atoms with Crippen LogP contribution in [0.15, 0.2) is 125 Å². The number of carbonyl (C=O) groups excluding carboxylic acids is 2. The number of aryl methyl sites for hydroxylation is 2. The normalized spacial score (nSPS) is 14.2. The predicted molar refractivity (Wildman–Crippen MR) is 173 cm³/mol. The lowest BCUT2D eigenvalue weighted by Crippen LogP contribution is -2.54. The van der Waals surface area contributed by atoms with Crippen LogP contribution in [0.25, 0.3) is 11.8 Å². The number of amides is 2. The van der Waals surface area contributed by atoms with Crippen molar-refractivity contribution in [1.82, 2.24) is 15.1 Å². The number of hydrogen-bond acceptors (Lipinski definition) is 6. The zero-order valence-electron chi connectivity index (χ0n) is 23.4. The third-order valence-electron chi connectivity index (χ3n) is 6.76. The highest BCUT2D eigenvalue weighted by Gasteiger charge is 2.35. The maximum absolute atomic E-state index is 13.9. The van der Waals surface area contributed by atoms with Crippen LogP contribution in [0, 0.1) is 13.8 Å². The molecule has 7 nitrogen and oxygen atoms in total. The Morgan fingerprint density at radius 2 is 1.42 bits per heavy atom. The number of para-hydroxylation sites is 2. The number of anilines is 1. The maximum atomic E-state index is 13.9. The minimum atomic E-state index is -0.562. The first-order valence-electron chi connectivity index (χ1n) is 13.5. The number of nitrogens with zero attached hydrogens (tertiary/aromatic N) is 3. The van der Waals surface area contributed by atoms with Gasteiger partial charge in [-0.25, -0.2) is 4.68 Å². The Balaban J connectivity index is 1.37. The van der Waals surface area contributed by atoms with Crippen LogP contribution in [-0.4, -0.2) is 26.7 Å². The van der Waals surface area contributed by atoms with Crippen molar-refractivity contribution in [3.8, 4) is 17.2 Å². The van der Waals surface area contributed by atoms with Gasteiger partial charge in [-0.1, -0.05) is 65.9 Å². The second kappa shape index (κ2) is 12.1. The molecule has 1 fully saturated rings. The summed E-state index contributed by atoms with van der Waals surface area (Å²) in [5, 5.41) is 8.27. The molecule has 0 atom stereocenters. The molecule has 1 saturated heterocycles. The molecule has 2 heterocycles. The molecule has 0 spiro atoms. The molecular formula is C34H26N4O3S2. The van der Waals surface area contributed by atoms with Gasteiger partial charge in [0.2, 0.25) is 0 Å². The number of nitrogens with one attached hydrogen (secondary N) is 1. The lowest BCUT2D eigenvalue weighted by molar-refractivity contribution is -0.122. The fourth-order valence-electron chi connectivity index (χ4n) is 4.57. The zero-order valence-corrected chi connectivity index (χ0v) is 25.0. The van der Waals surface area contributed by atoms with E-state index in [1.807, 2.05) is 103 Å². The Morgan fingerprint density at radius 1 is 0.791 bits per heavy atom. The Morgan fingerprint density at radius 3 is 2.09 bits per heavy atom. The Kier molecular flexibility index (Phi) is 7.91. The molecule has 0 unspecified atom stereocenters. The van der Waals surface area contributed by atoms with Crippen molar-refractivity contribution >= 4 is 52.7 Å². The molecule has 9 heteroatoms. The number of ether oxygens (including phenoxy) is 1. The van der Waals surface area contributed by atoms with E-state index in [-0.39, 0.29) is 10.7 Å². The SMILES string of the molecule is Cc1ccc(Sc2c(/C=C3\C(=O)NC(=S)N(c4ccc(Oc5ccccc5)cc4)C3=O)c(C)nn2-c2ccccc2)cc1. The summed E-state index contributed by atoms with van der Waals surface area (Å²) in [5.41, 5.74) is 3.83. The zero-order chi connectivity index (χ0) is 29.9. The minimum Gasteiger partial charge on any atom is -0.457 e. The second-order valence-corrected chi connectivity index (χ2v) is 11.3. The minimum absolute atomic E-state index is 0.00911. The van der Waals surface area contributed by atoms with E-state index in [1.54, 1.807) is 30.3 Å². The van der Waals surface area contributed by atoms with Gasteiger partial charge in [0.25, 0.3) is 11.8 Å². The predicted octanol–water partition coefficient (Wildman–Crippen LogP) is 7.26. The summed E-state index contributed by atoms with van der Waals surface area (Å²) in [6.07, 6.45) is 1.61. The Bertz CT molecular complexity index is 1850. The standard InChI is InChI=1S/C34H26N4O3S2/c1-22-13-19-28(20-14-22)43-33-29(23(2)36-38(33)25-9-5-3-6-10-25)21-30-31(39)35-34(42)37(32(30)40)24-15-17-27(18-16-24)41-26-11-7-4-8-12-26/h3-21H,1-2H3,(H,35,39,42)/b30-21+. The van der Waals surface area contributed by atoms with Crippen LogP contribution in [0.4, 0.5) is 5.69 Å². The Labute approximate surface area is 258 Å². The lowest BCUT2D eigenvalue weighted by Gasteiger charge is -2.29. The van der Waals surface area contributed by atoms with Gasteiger partial charge in [-0.05, 0) is 92.8 Å². The number of rotatable bonds is 7. The molecule has 1 aliphatic heterocycles. The van der Waals surface area contributed by atoms with Crippen LogP contribution in [0.1, 0.15) is 16.8 Å². The third-order valence-corrected chi connectivity index (χ3v) is 8.14. The van der Waals surface area contributed by atoms with Gasteiger partial charge in [-0.15, -0.1) is 0 Å². The van der Waals surface area contributed by atoms with Gasteiger partial charge >= 0.3 is 0 Å². The molecule has 0 aliphatic carbocycles. The average Bonchev–Trinajstić information content (AvgIpc) is 3.32. The summed E-state index contributed by atoms with van der Waals surface area (Å²) >= 11 is 6.95. The molecule has 4 aromatic carbocycles. The summed E-state index contributed by atoms with van der Waals surface area (Å²) in [5.74, 6) is 0.215. The van der Waals surface area contributed by atoms with Crippen molar-refractivity contribution in [2.24, 2.45) is 0 Å². The molecule has 212 valence electrons. The van der Waals surface area contributed by atoms with E-state index in [9.17, 15) is 9.59 Å². The van der Waals surface area contributed by atoms with Crippen LogP contribution in [0.3, 0.4) is 0 Å². The molecule has 2 amide bonds. The van der Waals surface area contributed by atoms with Gasteiger partial charge < -0.3 is 4.74 Å². The van der Waals surface area contributed by atoms with Crippen LogP contribution < -0.4 is 15.0 Å². The summed E-state index contributed by atoms with van der Waals surface area (Å²) in [6.45, 7) is 3.90. The first kappa shape index (κ1) is 28.1. The van der Waals surface area contributed by atoms with Crippen molar-refractivity contribution in [3.05, 3.63) is 132 Å². The number of thiocarbonyl (C=S) groups is 1. The molecule has 5 aromatic rings. The summed E-state index contributed by atoms with van der Waals surface area (Å²) in [6, 6.07) is 34.3. The van der Waals surface area contributed by atoms with E-state index < -0.39 is 11.8 Å². The van der Waals surface area contributed by atoms with Gasteiger partial charge in [-0.2, -0.15) is 5.10 Å². The molecule has 0 saturated carbocycles. The van der Waals surface area contributed by atoms with E-state index in [4.69, 9.17) is 22.1 Å². The highest BCUT2D eigenvalue weighted by molar-refractivity contribution is 7.99. The number of aromatic nitrogens is 2. The van der Waals surface area contributed by atoms with E-state index >= 15 is 0 Å². The first-order valence-corrected chi connectivity index (χ1v) is 14.7. The smallest absolute Gasteiger partial charge is 0.270 e. The number of hydrogen-bond donors (Lipinski definition) is 1.